The van der Waals surface area contributed by atoms with Gasteiger partial charge in [0.1, 0.15) is 6.10 Å². The van der Waals surface area contributed by atoms with Crippen molar-refractivity contribution in [1.29, 1.82) is 0 Å². The summed E-state index contributed by atoms with van der Waals surface area (Å²) in [4.78, 5) is 28.3. The van der Waals surface area contributed by atoms with E-state index in [-0.39, 0.29) is 18.2 Å². The number of hydrogen-bond acceptors (Lipinski definition) is 4. The van der Waals surface area contributed by atoms with E-state index in [1.54, 1.807) is 8.01 Å². The Morgan fingerprint density at radius 2 is 2.06 bits per heavy atom. The molecule has 1 rings (SSSR count). The Bertz CT molecular complexity index is 292. The summed E-state index contributed by atoms with van der Waals surface area (Å²) in [6.07, 6.45) is 0.640. The molecule has 7 nitrogen and oxygen atoms in total. The first-order valence-corrected chi connectivity index (χ1v) is 6.43. The summed E-state index contributed by atoms with van der Waals surface area (Å²) < 4.78 is 1.63. The summed E-state index contributed by atoms with van der Waals surface area (Å²) in [6.45, 7) is 4.88. The Morgan fingerprint density at radius 3 is 2.47 bits per heavy atom. The molecule has 0 bridgehead atoms. The Balaban J connectivity index is 2.41. The molecule has 0 saturated carbocycles. The largest absolute Gasteiger partial charge is 0.329 e. The second-order valence-corrected chi connectivity index (χ2v) is 5.24. The number of hydrogen-bond donors (Lipinski definition) is 0. The van der Waals surface area contributed by atoms with Gasteiger partial charge in [0, 0.05) is 19.1 Å². The zero-order valence-electron chi connectivity index (χ0n) is 9.84. The minimum atomic E-state index is -0.763. The molecule has 1 saturated heterocycles. The average molecular weight is 357 g/mol. The first-order valence-electron chi connectivity index (χ1n) is 5.47. The summed E-state index contributed by atoms with van der Waals surface area (Å²) in [6, 6.07) is 0.0935. The number of carbonyl (C=O) groups is 1. The van der Waals surface area contributed by atoms with E-state index in [0.29, 0.717) is 25.9 Å². The molecule has 0 aromatic carbocycles. The van der Waals surface area contributed by atoms with Crippen LogP contribution in [0.2, 0.25) is 0 Å². The second-order valence-electron chi connectivity index (χ2n) is 4.20. The zero-order valence-corrected chi connectivity index (χ0v) is 12.0. The summed E-state index contributed by atoms with van der Waals surface area (Å²) in [5, 5.41) is 9.41. The van der Waals surface area contributed by atoms with Crippen LogP contribution in [-0.4, -0.2) is 44.4 Å². The number of nitrogens with zero attached hydrogens (tertiary/aromatic N) is 3. The van der Waals surface area contributed by atoms with Crippen LogP contribution in [-0.2, 0) is 4.84 Å². The molecule has 0 aromatic heterocycles. The van der Waals surface area contributed by atoms with E-state index < -0.39 is 5.09 Å². The SMILES string of the molecule is CC(C)N(I)C(=O)N1CCC(O[N+](=O)[O-])CC1. The van der Waals surface area contributed by atoms with Gasteiger partial charge in [0.15, 0.2) is 0 Å². The van der Waals surface area contributed by atoms with Crippen LogP contribution in [0.15, 0.2) is 0 Å². The number of amides is 2. The number of rotatable bonds is 3. The molecule has 0 spiro atoms. The normalized spacial score (nSPS) is 17.1. The third-order valence-corrected chi connectivity index (χ3v) is 4.11. The van der Waals surface area contributed by atoms with Gasteiger partial charge in [-0.3, -0.25) is 3.11 Å². The molecule has 1 heterocycles. The quantitative estimate of drug-likeness (QED) is 0.334. The van der Waals surface area contributed by atoms with Crippen LogP contribution < -0.4 is 0 Å². The van der Waals surface area contributed by atoms with Gasteiger partial charge in [0.2, 0.25) is 0 Å². The number of likely N-dealkylation sites (tertiary alicyclic amines) is 1. The molecular weight excluding hydrogens is 341 g/mol. The lowest BCUT2D eigenvalue weighted by atomic mass is 10.1. The molecule has 0 N–H and O–H groups in total. The Labute approximate surface area is 114 Å². The van der Waals surface area contributed by atoms with Gasteiger partial charge in [0.25, 0.3) is 5.09 Å². The fourth-order valence-corrected chi connectivity index (χ4v) is 1.94. The molecule has 17 heavy (non-hydrogen) atoms. The fourth-order valence-electron chi connectivity index (χ4n) is 1.63. The van der Waals surface area contributed by atoms with Gasteiger partial charge >= 0.3 is 6.03 Å². The van der Waals surface area contributed by atoms with Crippen LogP contribution in [0, 0.1) is 10.1 Å². The molecule has 1 aliphatic heterocycles. The molecule has 98 valence electrons. The fraction of sp³-hybridized carbons (Fsp3) is 0.889. The molecule has 1 aliphatic rings. The van der Waals surface area contributed by atoms with Gasteiger partial charge in [-0.2, -0.15) is 0 Å². The lowest BCUT2D eigenvalue weighted by Gasteiger charge is -2.33. The Hall–Kier alpha value is -0.800. The zero-order chi connectivity index (χ0) is 13.0. The van der Waals surface area contributed by atoms with Gasteiger partial charge in [-0.15, -0.1) is 10.1 Å². The van der Waals surface area contributed by atoms with Crippen molar-refractivity contribution < 1.29 is 14.7 Å². The topological polar surface area (TPSA) is 75.9 Å². The summed E-state index contributed by atoms with van der Waals surface area (Å²) >= 11 is 1.99. The van der Waals surface area contributed by atoms with E-state index in [1.165, 1.54) is 0 Å². The predicted octanol–water partition coefficient (Wildman–Crippen LogP) is 1.84. The van der Waals surface area contributed by atoms with Gasteiger partial charge in [-0.1, -0.05) is 0 Å². The van der Waals surface area contributed by atoms with Gasteiger partial charge < -0.3 is 9.74 Å². The molecular formula is C9H16IN3O4. The van der Waals surface area contributed by atoms with Crippen LogP contribution in [0.1, 0.15) is 26.7 Å². The van der Waals surface area contributed by atoms with Gasteiger partial charge in [0.05, 0.1) is 22.9 Å². The van der Waals surface area contributed by atoms with Crippen molar-refractivity contribution in [2.75, 3.05) is 13.1 Å². The molecule has 0 atom stereocenters. The first kappa shape index (κ1) is 14.3. The van der Waals surface area contributed by atoms with Crippen LogP contribution >= 0.6 is 22.9 Å². The maximum atomic E-state index is 11.9. The first-order chi connectivity index (χ1) is 7.91. The maximum Gasteiger partial charge on any atom is 0.329 e. The van der Waals surface area contributed by atoms with E-state index in [2.05, 4.69) is 4.84 Å². The highest BCUT2D eigenvalue weighted by Gasteiger charge is 2.27. The minimum absolute atomic E-state index is 0.0415. The Kier molecular flexibility index (Phi) is 5.22. The molecule has 1 fully saturated rings. The van der Waals surface area contributed by atoms with Crippen molar-refractivity contribution in [3.63, 3.8) is 0 Å². The molecule has 0 unspecified atom stereocenters. The van der Waals surface area contributed by atoms with E-state index in [1.807, 2.05) is 36.7 Å². The summed E-state index contributed by atoms with van der Waals surface area (Å²) in [5.74, 6) is 0. The molecule has 2 amide bonds. The van der Waals surface area contributed by atoms with Crippen molar-refractivity contribution in [2.45, 2.75) is 38.8 Å². The number of piperidine rings is 1. The summed E-state index contributed by atoms with van der Waals surface area (Å²) in [7, 11) is 0. The highest BCUT2D eigenvalue weighted by Crippen LogP contribution is 2.18. The van der Waals surface area contributed by atoms with Crippen molar-refractivity contribution in [3.8, 4) is 0 Å². The van der Waals surface area contributed by atoms with Crippen molar-refractivity contribution in [2.24, 2.45) is 0 Å². The third kappa shape index (κ3) is 4.17. The number of carbonyl (C=O) groups excluding carboxylic acids is 1. The smallest absolute Gasteiger partial charge is 0.324 e. The monoisotopic (exact) mass is 357 g/mol. The molecule has 0 aliphatic carbocycles. The molecule has 0 aromatic rings. The third-order valence-electron chi connectivity index (χ3n) is 2.58. The lowest BCUT2D eigenvalue weighted by Crippen LogP contribution is -2.46. The van der Waals surface area contributed by atoms with Crippen LogP contribution in [0.3, 0.4) is 0 Å². The van der Waals surface area contributed by atoms with E-state index in [9.17, 15) is 14.9 Å². The van der Waals surface area contributed by atoms with E-state index >= 15 is 0 Å². The summed E-state index contributed by atoms with van der Waals surface area (Å²) in [5.41, 5.74) is 0. The van der Waals surface area contributed by atoms with Crippen molar-refractivity contribution in [1.82, 2.24) is 8.01 Å². The lowest BCUT2D eigenvalue weighted by molar-refractivity contribution is -0.769. The van der Waals surface area contributed by atoms with Crippen molar-refractivity contribution >= 4 is 28.9 Å². The predicted molar refractivity (Wildman–Crippen MR) is 69.1 cm³/mol. The van der Waals surface area contributed by atoms with Crippen molar-refractivity contribution in [3.05, 3.63) is 10.1 Å². The average Bonchev–Trinajstić information content (AvgIpc) is 2.27. The van der Waals surface area contributed by atoms with E-state index in [0.717, 1.165) is 0 Å². The minimum Gasteiger partial charge on any atom is -0.324 e. The Morgan fingerprint density at radius 1 is 1.53 bits per heavy atom. The number of halogens is 1. The highest BCUT2D eigenvalue weighted by molar-refractivity contribution is 14.1. The second kappa shape index (κ2) is 6.22. The van der Waals surface area contributed by atoms with Gasteiger partial charge in [-0.05, 0) is 26.7 Å². The van der Waals surface area contributed by atoms with Crippen LogP contribution in [0.4, 0.5) is 4.79 Å². The molecule has 8 heteroatoms. The van der Waals surface area contributed by atoms with Crippen LogP contribution in [0.25, 0.3) is 0 Å². The molecule has 0 radical (unpaired) electrons. The van der Waals surface area contributed by atoms with E-state index in [4.69, 9.17) is 0 Å². The van der Waals surface area contributed by atoms with Crippen LogP contribution in [0.5, 0.6) is 0 Å². The number of urea groups is 1. The highest BCUT2D eigenvalue weighted by atomic mass is 127. The maximum absolute atomic E-state index is 11.9. The standard InChI is InChI=1S/C9H16IN3O4/c1-7(2)12(10)9(14)11-5-3-8(4-6-11)17-13(15)16/h7-8H,3-6H2,1-2H3. The van der Waals surface area contributed by atoms with Gasteiger partial charge in [-0.25, -0.2) is 4.79 Å².